The molecule has 2 unspecified atom stereocenters. The van der Waals surface area contributed by atoms with Crippen molar-refractivity contribution in [2.45, 2.75) is 77.3 Å². The van der Waals surface area contributed by atoms with E-state index in [0.29, 0.717) is 28.7 Å². The van der Waals surface area contributed by atoms with Crippen molar-refractivity contribution in [1.29, 1.82) is 0 Å². The number of nitrogens with one attached hydrogen (secondary N) is 3. The predicted molar refractivity (Wildman–Crippen MR) is 191 cm³/mol. The lowest BCUT2D eigenvalue weighted by atomic mass is 9.85. The normalized spacial score (nSPS) is 18.7. The third-order valence-corrected chi connectivity index (χ3v) is 9.45. The molecular formula is C37H41N7O3S. The Morgan fingerprint density at radius 2 is 1.56 bits per heavy atom. The smallest absolute Gasteiger partial charge is 0.333 e. The molecule has 10 nitrogen and oxygen atoms in total. The van der Waals surface area contributed by atoms with Crippen LogP contribution in [-0.2, 0) is 24.3 Å². The first-order valence-corrected chi connectivity index (χ1v) is 16.8. The number of hydrogen-bond donors (Lipinski definition) is 3. The molecule has 3 N–H and O–H groups in total. The zero-order valence-corrected chi connectivity index (χ0v) is 28.5. The zero-order chi connectivity index (χ0) is 34.0. The van der Waals surface area contributed by atoms with Crippen molar-refractivity contribution in [3.05, 3.63) is 101 Å². The molecule has 2 bridgehead atoms. The Balaban J connectivity index is 1.07. The standard InChI is InChI=1S/C37H41N7O3S/c1-23-9-15-27(16-10-23)44-33(22-32(41-44)37(2,3)4)40-35(46)38-26-13-11-24(12-14-26)19-25-20-28-17-18-29(21-25)43(28)34(45)30-7-5-6-8-31(30)39-36(47)42-48/h5-16,22,25,28-29H,17-21H2,1-4H3,(H,39,47)(H2,38,40,46). The number of para-hydroxylation sites is 1. The molecular weight excluding hydrogens is 623 g/mol. The summed E-state index contributed by atoms with van der Waals surface area (Å²) in [6.45, 7) is 8.32. The van der Waals surface area contributed by atoms with E-state index in [1.54, 1.807) is 28.9 Å². The Morgan fingerprint density at radius 1 is 0.896 bits per heavy atom. The molecule has 11 heteroatoms. The zero-order valence-electron chi connectivity index (χ0n) is 27.7. The number of urea groups is 2. The van der Waals surface area contributed by atoms with Gasteiger partial charge in [-0.25, -0.2) is 14.3 Å². The highest BCUT2D eigenvalue weighted by molar-refractivity contribution is 7.47. The van der Waals surface area contributed by atoms with E-state index in [2.05, 4.69) is 65.6 Å². The number of carbonyl (C=O) groups is 3. The molecule has 248 valence electrons. The van der Waals surface area contributed by atoms with Gasteiger partial charge >= 0.3 is 12.1 Å². The van der Waals surface area contributed by atoms with E-state index in [-0.39, 0.29) is 29.4 Å². The molecule has 1 aromatic heterocycles. The Morgan fingerprint density at radius 3 is 2.21 bits per heavy atom. The van der Waals surface area contributed by atoms with Crippen LogP contribution in [0.5, 0.6) is 0 Å². The van der Waals surface area contributed by atoms with Gasteiger partial charge in [0.15, 0.2) is 0 Å². The van der Waals surface area contributed by atoms with E-state index >= 15 is 0 Å². The first kappa shape index (κ1) is 33.0. The molecule has 0 spiro atoms. The van der Waals surface area contributed by atoms with Gasteiger partial charge in [-0.05, 0) is 86.9 Å². The highest BCUT2D eigenvalue weighted by Crippen LogP contribution is 2.41. The van der Waals surface area contributed by atoms with E-state index in [1.807, 2.05) is 54.3 Å². The molecule has 3 heterocycles. The van der Waals surface area contributed by atoms with Gasteiger partial charge in [0.25, 0.3) is 5.91 Å². The van der Waals surface area contributed by atoms with Crippen molar-refractivity contribution >= 4 is 47.6 Å². The number of piperidine rings is 1. The number of nitrogens with zero attached hydrogens (tertiary/aromatic N) is 4. The van der Waals surface area contributed by atoms with Crippen LogP contribution >= 0.6 is 0 Å². The third-order valence-electron chi connectivity index (χ3n) is 9.28. The van der Waals surface area contributed by atoms with Gasteiger partial charge in [0.05, 0.1) is 22.6 Å². The Bertz CT molecular complexity index is 1810. The van der Waals surface area contributed by atoms with Crippen molar-refractivity contribution in [2.24, 2.45) is 10.3 Å². The van der Waals surface area contributed by atoms with Gasteiger partial charge in [-0.2, -0.15) is 5.10 Å². The highest BCUT2D eigenvalue weighted by Gasteiger charge is 2.43. The summed E-state index contributed by atoms with van der Waals surface area (Å²) in [5, 5.41) is 13.4. The number of carbonyl (C=O) groups excluding carboxylic acids is 3. The summed E-state index contributed by atoms with van der Waals surface area (Å²) in [5.41, 5.74) is 5.49. The fourth-order valence-corrected chi connectivity index (χ4v) is 6.94. The first-order chi connectivity index (χ1) is 23.0. The molecule has 0 radical (unpaired) electrons. The number of anilines is 3. The lowest BCUT2D eigenvalue weighted by Gasteiger charge is -2.39. The Kier molecular flexibility index (Phi) is 9.41. The van der Waals surface area contributed by atoms with Crippen molar-refractivity contribution in [3.63, 3.8) is 0 Å². The van der Waals surface area contributed by atoms with Gasteiger partial charge in [0, 0.05) is 41.7 Å². The summed E-state index contributed by atoms with van der Waals surface area (Å²) < 4.78 is 5.00. The molecule has 0 saturated carbocycles. The Labute approximate surface area is 286 Å². The van der Waals surface area contributed by atoms with Gasteiger partial charge < -0.3 is 15.5 Å². The Hall–Kier alpha value is -4.90. The van der Waals surface area contributed by atoms with Crippen LogP contribution in [0.3, 0.4) is 0 Å². The number of aryl methyl sites for hydroxylation is 1. The molecule has 2 atom stereocenters. The number of hydrogen-bond acceptors (Lipinski definition) is 5. The van der Waals surface area contributed by atoms with E-state index in [4.69, 9.17) is 5.10 Å². The van der Waals surface area contributed by atoms with Crippen LogP contribution in [0.2, 0.25) is 0 Å². The maximum absolute atomic E-state index is 13.7. The van der Waals surface area contributed by atoms with Crippen LogP contribution in [0.15, 0.2) is 83.2 Å². The van der Waals surface area contributed by atoms with Gasteiger partial charge in [0.2, 0.25) is 0 Å². The number of rotatable bonds is 7. The van der Waals surface area contributed by atoms with E-state index < -0.39 is 6.03 Å². The monoisotopic (exact) mass is 663 g/mol. The second kappa shape index (κ2) is 13.7. The molecule has 2 aliphatic rings. The van der Waals surface area contributed by atoms with Crippen molar-refractivity contribution in [2.75, 3.05) is 16.0 Å². The molecule has 5 amide bonds. The minimum atomic E-state index is -0.658. The minimum Gasteiger partial charge on any atom is -0.333 e. The van der Waals surface area contributed by atoms with Gasteiger partial charge in [0.1, 0.15) is 5.82 Å². The highest BCUT2D eigenvalue weighted by atomic mass is 32.1. The fourth-order valence-electron chi connectivity index (χ4n) is 6.90. The summed E-state index contributed by atoms with van der Waals surface area (Å²) in [6, 6.07) is 24.3. The number of benzene rings is 3. The minimum absolute atomic E-state index is 0.0635. The lowest BCUT2D eigenvalue weighted by molar-refractivity contribution is 0.0525. The maximum atomic E-state index is 13.7. The van der Waals surface area contributed by atoms with Crippen molar-refractivity contribution < 1.29 is 14.4 Å². The third kappa shape index (κ3) is 7.31. The van der Waals surface area contributed by atoms with Crippen LogP contribution < -0.4 is 16.0 Å². The maximum Gasteiger partial charge on any atom is 0.356 e. The molecule has 48 heavy (non-hydrogen) atoms. The van der Waals surface area contributed by atoms with Crippen LogP contribution in [0.1, 0.15) is 73.6 Å². The lowest BCUT2D eigenvalue weighted by Crippen LogP contribution is -2.47. The van der Waals surface area contributed by atoms with Crippen LogP contribution in [0.4, 0.5) is 26.8 Å². The quantitative estimate of drug-likeness (QED) is 0.185. The van der Waals surface area contributed by atoms with Gasteiger partial charge in [-0.1, -0.05) is 62.7 Å². The summed E-state index contributed by atoms with van der Waals surface area (Å²) in [7, 11) is 0. The van der Waals surface area contributed by atoms with E-state index in [1.165, 1.54) is 5.56 Å². The molecule has 2 aliphatic heterocycles. The molecule has 3 aromatic carbocycles. The summed E-state index contributed by atoms with van der Waals surface area (Å²) in [5.74, 6) is 0.978. The average Bonchev–Trinajstić information content (AvgIpc) is 3.60. The van der Waals surface area contributed by atoms with Crippen LogP contribution in [0, 0.1) is 12.8 Å². The van der Waals surface area contributed by atoms with E-state index in [0.717, 1.165) is 49.0 Å². The molecule has 2 saturated heterocycles. The predicted octanol–water partition coefficient (Wildman–Crippen LogP) is 8.01. The number of amides is 5. The van der Waals surface area contributed by atoms with Gasteiger partial charge in [-0.15, -0.1) is 4.36 Å². The molecule has 4 aromatic rings. The van der Waals surface area contributed by atoms with Crippen molar-refractivity contribution in [1.82, 2.24) is 14.7 Å². The molecule has 6 rings (SSSR count). The van der Waals surface area contributed by atoms with Crippen LogP contribution in [0.25, 0.3) is 5.69 Å². The van der Waals surface area contributed by atoms with Gasteiger partial charge in [-0.3, -0.25) is 10.1 Å². The largest absolute Gasteiger partial charge is 0.356 e. The average molecular weight is 664 g/mol. The summed E-state index contributed by atoms with van der Waals surface area (Å²) >= 11 is 4.50. The summed E-state index contributed by atoms with van der Waals surface area (Å²) in [4.78, 5) is 40.6. The second-order valence-electron chi connectivity index (χ2n) is 13.9. The second-order valence-corrected chi connectivity index (χ2v) is 14.1. The van der Waals surface area contributed by atoms with E-state index in [9.17, 15) is 14.4 Å². The fraction of sp³-hybridized carbons (Fsp3) is 0.351. The first-order valence-electron chi connectivity index (χ1n) is 16.4. The summed E-state index contributed by atoms with van der Waals surface area (Å²) in [6.07, 6.45) is 4.69. The topological polar surface area (TPSA) is 121 Å². The SMILES string of the molecule is Cc1ccc(-n2nc(C(C)(C)C)cc2NC(=O)Nc2ccc(CC3CC4CCC(C3)N4C(=O)c3ccccc3NC(=O)N=S)cc2)cc1. The van der Waals surface area contributed by atoms with Crippen LogP contribution in [-0.4, -0.2) is 44.7 Å². The molecule has 0 aliphatic carbocycles. The number of fused-ring (bicyclic) bond motifs is 2. The van der Waals surface area contributed by atoms with Crippen molar-refractivity contribution in [3.8, 4) is 5.69 Å². The number of aromatic nitrogens is 2. The molecule has 2 fully saturated rings.